The van der Waals surface area contributed by atoms with E-state index in [4.69, 9.17) is 9.47 Å². The number of aromatic nitrogens is 1. The normalized spacial score (nSPS) is 12.3. The number of rotatable bonds is 7. The largest absolute Gasteiger partial charge is 0.465 e. The van der Waals surface area contributed by atoms with E-state index in [0.717, 1.165) is 16.5 Å². The molecule has 0 fully saturated rings. The molecule has 0 aliphatic rings. The summed E-state index contributed by atoms with van der Waals surface area (Å²) in [5.74, 6) is -0.281. The number of methoxy groups -OCH3 is 1. The highest BCUT2D eigenvalue weighted by molar-refractivity contribution is 5.83. The van der Waals surface area contributed by atoms with Gasteiger partial charge in [0.25, 0.3) is 0 Å². The molecular formula is C16H20N2O3. The first kappa shape index (κ1) is 15.4. The minimum Gasteiger partial charge on any atom is -0.465 e. The molecule has 112 valence electrons. The standard InChI is InChI=1S/C16H20N2O3/c1-3-21-16(19)15(18-9-10-20-2)13-6-7-14-12(11-13)5-4-8-17-14/h4-8,11,15,18H,3,9-10H2,1-2H3. The highest BCUT2D eigenvalue weighted by Gasteiger charge is 2.21. The van der Waals surface area contributed by atoms with E-state index in [1.165, 1.54) is 0 Å². The van der Waals surface area contributed by atoms with Gasteiger partial charge in [-0.05, 0) is 30.7 Å². The van der Waals surface area contributed by atoms with Gasteiger partial charge in [0.2, 0.25) is 0 Å². The maximum Gasteiger partial charge on any atom is 0.327 e. The summed E-state index contributed by atoms with van der Waals surface area (Å²) in [6, 6.07) is 9.13. The Balaban J connectivity index is 2.25. The molecule has 1 atom stereocenters. The molecule has 1 unspecified atom stereocenters. The lowest BCUT2D eigenvalue weighted by Gasteiger charge is -2.18. The average Bonchev–Trinajstić information content (AvgIpc) is 2.51. The number of hydrogen-bond donors (Lipinski definition) is 1. The number of esters is 1. The molecule has 0 amide bonds. The molecule has 0 bridgehead atoms. The predicted molar refractivity (Wildman–Crippen MR) is 81.0 cm³/mol. The van der Waals surface area contributed by atoms with Gasteiger partial charge in [0.15, 0.2) is 0 Å². The molecule has 1 heterocycles. The Hall–Kier alpha value is -1.98. The molecule has 0 aliphatic heterocycles. The zero-order valence-corrected chi connectivity index (χ0v) is 12.3. The van der Waals surface area contributed by atoms with Crippen LogP contribution in [0.1, 0.15) is 18.5 Å². The van der Waals surface area contributed by atoms with Crippen molar-refractivity contribution < 1.29 is 14.3 Å². The van der Waals surface area contributed by atoms with Crippen LogP contribution >= 0.6 is 0 Å². The number of hydrogen-bond acceptors (Lipinski definition) is 5. The van der Waals surface area contributed by atoms with E-state index >= 15 is 0 Å². The molecule has 1 aromatic heterocycles. The highest BCUT2D eigenvalue weighted by atomic mass is 16.5. The number of fused-ring (bicyclic) bond motifs is 1. The van der Waals surface area contributed by atoms with E-state index in [1.54, 1.807) is 20.2 Å². The predicted octanol–water partition coefficient (Wildman–Crippen LogP) is 2.07. The summed E-state index contributed by atoms with van der Waals surface area (Å²) >= 11 is 0. The van der Waals surface area contributed by atoms with Gasteiger partial charge in [0, 0.05) is 25.2 Å². The van der Waals surface area contributed by atoms with Crippen molar-refractivity contribution in [3.05, 3.63) is 42.1 Å². The summed E-state index contributed by atoms with van der Waals surface area (Å²) in [4.78, 5) is 16.4. The minimum absolute atomic E-state index is 0.281. The third kappa shape index (κ3) is 4.00. The highest BCUT2D eigenvalue weighted by Crippen LogP contribution is 2.20. The second-order valence-corrected chi connectivity index (χ2v) is 4.59. The van der Waals surface area contributed by atoms with Crippen LogP contribution in [0.2, 0.25) is 0 Å². The Morgan fingerprint density at radius 2 is 2.24 bits per heavy atom. The van der Waals surface area contributed by atoms with Crippen LogP contribution in [0.3, 0.4) is 0 Å². The van der Waals surface area contributed by atoms with Crippen molar-refractivity contribution >= 4 is 16.9 Å². The number of nitrogens with zero attached hydrogens (tertiary/aromatic N) is 1. The number of ether oxygens (including phenoxy) is 2. The topological polar surface area (TPSA) is 60.5 Å². The van der Waals surface area contributed by atoms with E-state index in [1.807, 2.05) is 30.3 Å². The fourth-order valence-corrected chi connectivity index (χ4v) is 2.14. The first-order chi connectivity index (χ1) is 10.3. The first-order valence-electron chi connectivity index (χ1n) is 7.00. The van der Waals surface area contributed by atoms with Crippen molar-refractivity contribution in [3.8, 4) is 0 Å². The van der Waals surface area contributed by atoms with Gasteiger partial charge in [0.1, 0.15) is 6.04 Å². The molecule has 21 heavy (non-hydrogen) atoms. The van der Waals surface area contributed by atoms with Gasteiger partial charge in [-0.1, -0.05) is 12.1 Å². The number of nitrogens with one attached hydrogen (secondary N) is 1. The van der Waals surface area contributed by atoms with Gasteiger partial charge < -0.3 is 9.47 Å². The molecule has 0 saturated carbocycles. The van der Waals surface area contributed by atoms with Crippen LogP contribution < -0.4 is 5.32 Å². The Morgan fingerprint density at radius 3 is 3.00 bits per heavy atom. The van der Waals surface area contributed by atoms with Gasteiger partial charge >= 0.3 is 5.97 Å². The van der Waals surface area contributed by atoms with Gasteiger partial charge in [-0.25, -0.2) is 4.79 Å². The summed E-state index contributed by atoms with van der Waals surface area (Å²) in [5.41, 5.74) is 1.77. The lowest BCUT2D eigenvalue weighted by atomic mass is 10.0. The van der Waals surface area contributed by atoms with Crippen molar-refractivity contribution in [3.63, 3.8) is 0 Å². The Morgan fingerprint density at radius 1 is 1.38 bits per heavy atom. The molecule has 0 saturated heterocycles. The second kappa shape index (κ2) is 7.71. The van der Waals surface area contributed by atoms with E-state index in [2.05, 4.69) is 10.3 Å². The van der Waals surface area contributed by atoms with E-state index in [9.17, 15) is 4.79 Å². The van der Waals surface area contributed by atoms with Gasteiger partial charge in [-0.15, -0.1) is 0 Å². The second-order valence-electron chi connectivity index (χ2n) is 4.59. The zero-order chi connectivity index (χ0) is 15.1. The smallest absolute Gasteiger partial charge is 0.327 e. The quantitative estimate of drug-likeness (QED) is 0.624. The number of benzene rings is 1. The summed E-state index contributed by atoms with van der Waals surface area (Å²) < 4.78 is 10.2. The number of pyridine rings is 1. The fourth-order valence-electron chi connectivity index (χ4n) is 2.14. The maximum atomic E-state index is 12.1. The molecule has 2 rings (SSSR count). The molecule has 1 aromatic carbocycles. The molecule has 0 spiro atoms. The molecule has 5 heteroatoms. The third-order valence-corrected chi connectivity index (χ3v) is 3.14. The third-order valence-electron chi connectivity index (χ3n) is 3.14. The number of carbonyl (C=O) groups is 1. The molecule has 0 aliphatic carbocycles. The zero-order valence-electron chi connectivity index (χ0n) is 12.3. The monoisotopic (exact) mass is 288 g/mol. The van der Waals surface area contributed by atoms with Crippen LogP contribution in [0.25, 0.3) is 10.9 Å². The van der Waals surface area contributed by atoms with Crippen molar-refractivity contribution in [2.75, 3.05) is 26.9 Å². The maximum absolute atomic E-state index is 12.1. The van der Waals surface area contributed by atoms with Crippen molar-refractivity contribution in [2.24, 2.45) is 0 Å². The van der Waals surface area contributed by atoms with Crippen molar-refractivity contribution in [1.82, 2.24) is 10.3 Å². The molecule has 1 N–H and O–H groups in total. The van der Waals surface area contributed by atoms with Crippen LogP contribution in [0.4, 0.5) is 0 Å². The number of carbonyl (C=O) groups excluding carboxylic acids is 1. The summed E-state index contributed by atoms with van der Waals surface area (Å²) in [5, 5.41) is 4.16. The molecular weight excluding hydrogens is 268 g/mol. The lowest BCUT2D eigenvalue weighted by molar-refractivity contribution is -0.145. The Bertz CT molecular complexity index is 601. The van der Waals surface area contributed by atoms with Crippen molar-refractivity contribution in [1.29, 1.82) is 0 Å². The molecule has 5 nitrogen and oxygen atoms in total. The molecule has 2 aromatic rings. The summed E-state index contributed by atoms with van der Waals surface area (Å²) in [6.07, 6.45) is 1.75. The Labute approximate surface area is 124 Å². The summed E-state index contributed by atoms with van der Waals surface area (Å²) in [6.45, 7) is 3.26. The van der Waals surface area contributed by atoms with Crippen LogP contribution in [-0.4, -0.2) is 37.8 Å². The minimum atomic E-state index is -0.496. The molecule has 0 radical (unpaired) electrons. The average molecular weight is 288 g/mol. The lowest BCUT2D eigenvalue weighted by Crippen LogP contribution is -2.32. The van der Waals surface area contributed by atoms with Gasteiger partial charge in [0.05, 0.1) is 18.7 Å². The van der Waals surface area contributed by atoms with Crippen LogP contribution in [0.5, 0.6) is 0 Å². The SMILES string of the molecule is CCOC(=O)C(NCCOC)c1ccc2ncccc2c1. The van der Waals surface area contributed by atoms with Crippen LogP contribution in [0, 0.1) is 0 Å². The van der Waals surface area contributed by atoms with Gasteiger partial charge in [-0.3, -0.25) is 10.3 Å². The van der Waals surface area contributed by atoms with Gasteiger partial charge in [-0.2, -0.15) is 0 Å². The first-order valence-corrected chi connectivity index (χ1v) is 7.00. The summed E-state index contributed by atoms with van der Waals surface area (Å²) in [7, 11) is 1.63. The van der Waals surface area contributed by atoms with E-state index < -0.39 is 6.04 Å². The Kier molecular flexibility index (Phi) is 5.66. The van der Waals surface area contributed by atoms with Crippen molar-refractivity contribution in [2.45, 2.75) is 13.0 Å². The van der Waals surface area contributed by atoms with Crippen LogP contribution in [0.15, 0.2) is 36.5 Å². The van der Waals surface area contributed by atoms with Crippen LogP contribution in [-0.2, 0) is 14.3 Å². The fraction of sp³-hybridized carbons (Fsp3) is 0.375. The van der Waals surface area contributed by atoms with E-state index in [-0.39, 0.29) is 5.97 Å². The van der Waals surface area contributed by atoms with E-state index in [0.29, 0.717) is 19.8 Å².